The van der Waals surface area contributed by atoms with Crippen LogP contribution in [0.25, 0.3) is 0 Å². The van der Waals surface area contributed by atoms with Gasteiger partial charge >= 0.3 is 24.5 Å². The van der Waals surface area contributed by atoms with E-state index in [9.17, 15) is 53.5 Å². The van der Waals surface area contributed by atoms with Crippen LogP contribution in [0.15, 0.2) is 42.5 Å². The maximum absolute atomic E-state index is 14.9. The van der Waals surface area contributed by atoms with Crippen LogP contribution in [0.2, 0.25) is 0 Å². The normalized spacial score (nSPS) is 15.2. The van der Waals surface area contributed by atoms with Gasteiger partial charge in [-0.05, 0) is 24.3 Å². The summed E-state index contributed by atoms with van der Waals surface area (Å²) in [5.41, 5.74) is 1.62. The molecule has 2 N–H and O–H groups in total. The highest BCUT2D eigenvalue weighted by Gasteiger charge is 2.39. The molecule has 1 aliphatic rings. The molecule has 1 aliphatic heterocycles. The van der Waals surface area contributed by atoms with Crippen LogP contribution in [0.1, 0.15) is 15.9 Å². The molecule has 18 heteroatoms. The molecule has 10 nitrogen and oxygen atoms in total. The van der Waals surface area contributed by atoms with E-state index in [4.69, 9.17) is 0 Å². The van der Waals surface area contributed by atoms with Crippen molar-refractivity contribution in [1.29, 1.82) is 0 Å². The monoisotopic (exact) mass is 600 g/mol. The lowest BCUT2D eigenvalue weighted by molar-refractivity contribution is -0.274. The van der Waals surface area contributed by atoms with E-state index in [1.54, 1.807) is 0 Å². The molecule has 1 fully saturated rings. The molecular formula is C22H19F7N4O6S. The molecule has 1 saturated heterocycles. The van der Waals surface area contributed by atoms with Crippen LogP contribution in [-0.4, -0.2) is 68.3 Å². The lowest BCUT2D eigenvalue weighted by Gasteiger charge is -2.33. The first-order valence-electron chi connectivity index (χ1n) is 11.0. The van der Waals surface area contributed by atoms with Crippen LogP contribution >= 0.6 is 0 Å². The summed E-state index contributed by atoms with van der Waals surface area (Å²) in [6.07, 6.45) is -10.4. The summed E-state index contributed by atoms with van der Waals surface area (Å²) in [5.74, 6) is -6.34. The van der Waals surface area contributed by atoms with E-state index in [-0.39, 0.29) is 35.8 Å². The summed E-state index contributed by atoms with van der Waals surface area (Å²) in [4.78, 5) is 38.1. The Labute approximate surface area is 221 Å². The number of carbonyl (C=O) groups excluding carboxylic acids is 3. The van der Waals surface area contributed by atoms with Gasteiger partial charge in [-0.25, -0.2) is 17.6 Å². The summed E-state index contributed by atoms with van der Waals surface area (Å²) in [7, 11) is -3.41. The largest absolute Gasteiger partial charge is 0.573 e. The molecule has 0 unspecified atom stereocenters. The van der Waals surface area contributed by atoms with Gasteiger partial charge in [0, 0.05) is 36.0 Å². The average Bonchev–Trinajstić information content (AvgIpc) is 2.84. The number of rotatable bonds is 5. The van der Waals surface area contributed by atoms with Gasteiger partial charge in [0.2, 0.25) is 0 Å². The number of urea groups is 1. The molecule has 0 aliphatic carbocycles. The number of sulfone groups is 1. The number of hydrogen-bond donors (Lipinski definition) is 2. The Bertz CT molecular complexity index is 1380. The number of nitrogens with one attached hydrogen (secondary N) is 2. The Morgan fingerprint density at radius 2 is 1.60 bits per heavy atom. The molecule has 3 rings (SSSR count). The Morgan fingerprint density at radius 1 is 0.950 bits per heavy atom. The molecule has 0 bridgehead atoms. The van der Waals surface area contributed by atoms with Crippen LogP contribution in [0.5, 0.6) is 5.75 Å². The highest BCUT2D eigenvalue weighted by Crippen LogP contribution is 2.29. The predicted molar refractivity (Wildman–Crippen MR) is 123 cm³/mol. The van der Waals surface area contributed by atoms with Crippen molar-refractivity contribution < 1.29 is 58.3 Å². The molecule has 40 heavy (non-hydrogen) atoms. The third-order valence-corrected chi connectivity index (χ3v) is 7.01. The molecule has 1 heterocycles. The van der Waals surface area contributed by atoms with Crippen molar-refractivity contribution in [3.05, 3.63) is 59.4 Å². The van der Waals surface area contributed by atoms with Gasteiger partial charge in [-0.3, -0.25) is 25.3 Å². The van der Waals surface area contributed by atoms with Crippen molar-refractivity contribution in [2.45, 2.75) is 19.1 Å². The van der Waals surface area contributed by atoms with Crippen LogP contribution in [0.3, 0.4) is 0 Å². The van der Waals surface area contributed by atoms with Gasteiger partial charge < -0.3 is 9.64 Å². The zero-order chi connectivity index (χ0) is 29.9. The number of benzene rings is 2. The van der Waals surface area contributed by atoms with E-state index in [0.29, 0.717) is 6.07 Å². The number of carbonyl (C=O) groups is 3. The summed E-state index contributed by atoms with van der Waals surface area (Å²) in [5, 5.41) is 0. The van der Waals surface area contributed by atoms with Gasteiger partial charge in [-0.1, -0.05) is 12.1 Å². The number of halogens is 7. The van der Waals surface area contributed by atoms with Crippen molar-refractivity contribution in [1.82, 2.24) is 15.8 Å². The Balaban J connectivity index is 1.87. The lowest BCUT2D eigenvalue weighted by atomic mass is 10.1. The fourth-order valence-electron chi connectivity index (χ4n) is 3.44. The molecule has 0 saturated carbocycles. The Kier molecular flexibility index (Phi) is 8.81. The first kappa shape index (κ1) is 30.5. The fourth-order valence-corrected chi connectivity index (χ4v) is 4.64. The highest BCUT2D eigenvalue weighted by atomic mass is 32.2. The van der Waals surface area contributed by atoms with Gasteiger partial charge in [0.05, 0.1) is 18.1 Å². The van der Waals surface area contributed by atoms with E-state index in [1.165, 1.54) is 11.5 Å². The Hall–Kier alpha value is -4.09. The molecule has 218 valence electrons. The maximum atomic E-state index is 14.9. The standard InChI is InChI=1S/C22H19F7N4O6S/c23-17-10-13(18(34)30-31-19(35)21(24,25)26)4-5-14(17)12-33(20(36)32-6-8-40(37,38)9-7-32)15-2-1-3-16(11-15)39-22(27,28)29/h1-5,10-11H,6-9,12H2,(H,30,34)(H,31,35). The SMILES string of the molecule is O=C(NNC(=O)C(F)(F)F)c1ccc(CN(C(=O)N2CCS(=O)(=O)CC2)c2cccc(OC(F)(F)F)c2)c(F)c1. The molecule has 2 aromatic rings. The van der Waals surface area contributed by atoms with E-state index in [2.05, 4.69) is 4.74 Å². The summed E-state index contributed by atoms with van der Waals surface area (Å²) in [6, 6.07) is 5.87. The van der Waals surface area contributed by atoms with Crippen molar-refractivity contribution in [2.75, 3.05) is 29.5 Å². The van der Waals surface area contributed by atoms with Crippen LogP contribution in [0.4, 0.5) is 41.2 Å². The molecule has 0 atom stereocenters. The van der Waals surface area contributed by atoms with E-state index >= 15 is 0 Å². The minimum Gasteiger partial charge on any atom is -0.406 e. The zero-order valence-electron chi connectivity index (χ0n) is 20.0. The van der Waals surface area contributed by atoms with Crippen LogP contribution in [0, 0.1) is 5.82 Å². The van der Waals surface area contributed by atoms with Gasteiger partial charge in [-0.2, -0.15) is 13.2 Å². The smallest absolute Gasteiger partial charge is 0.406 e. The first-order chi connectivity index (χ1) is 18.4. The fraction of sp³-hybridized carbons (Fsp3) is 0.318. The average molecular weight is 600 g/mol. The Morgan fingerprint density at radius 3 is 2.17 bits per heavy atom. The summed E-state index contributed by atoms with van der Waals surface area (Å²) < 4.78 is 117. The topological polar surface area (TPSA) is 125 Å². The number of hydrazine groups is 1. The van der Waals surface area contributed by atoms with Crippen molar-refractivity contribution >= 4 is 33.4 Å². The molecule has 0 aromatic heterocycles. The quantitative estimate of drug-likeness (QED) is 0.402. The minimum absolute atomic E-state index is 0.170. The predicted octanol–water partition coefficient (Wildman–Crippen LogP) is 2.90. The summed E-state index contributed by atoms with van der Waals surface area (Å²) in [6.45, 7) is -1.08. The summed E-state index contributed by atoms with van der Waals surface area (Å²) >= 11 is 0. The molecule has 0 spiro atoms. The first-order valence-corrected chi connectivity index (χ1v) is 12.9. The molecule has 2 aromatic carbocycles. The van der Waals surface area contributed by atoms with Gasteiger partial charge in [0.1, 0.15) is 11.6 Å². The van der Waals surface area contributed by atoms with Crippen molar-refractivity contribution in [3.63, 3.8) is 0 Å². The van der Waals surface area contributed by atoms with E-state index in [1.807, 2.05) is 0 Å². The second-order valence-electron chi connectivity index (χ2n) is 8.26. The second-order valence-corrected chi connectivity index (χ2v) is 10.6. The van der Waals surface area contributed by atoms with Crippen molar-refractivity contribution in [2.24, 2.45) is 0 Å². The van der Waals surface area contributed by atoms with Gasteiger partial charge in [0.25, 0.3) is 5.91 Å². The number of ether oxygens (including phenoxy) is 1. The third kappa shape index (κ3) is 8.20. The van der Waals surface area contributed by atoms with Gasteiger partial charge in [0.15, 0.2) is 9.84 Å². The molecule has 4 amide bonds. The van der Waals surface area contributed by atoms with Crippen molar-refractivity contribution in [3.8, 4) is 5.75 Å². The van der Waals surface area contributed by atoms with Gasteiger partial charge in [-0.15, -0.1) is 13.2 Å². The number of hydrogen-bond acceptors (Lipinski definition) is 6. The second kappa shape index (κ2) is 11.6. The van der Waals surface area contributed by atoms with E-state index < -0.39 is 63.9 Å². The third-order valence-electron chi connectivity index (χ3n) is 5.40. The molecule has 0 radical (unpaired) electrons. The number of alkyl halides is 6. The number of nitrogens with zero attached hydrogens (tertiary/aromatic N) is 2. The van der Waals surface area contributed by atoms with E-state index in [0.717, 1.165) is 45.6 Å². The molecular weight excluding hydrogens is 581 g/mol. The number of anilines is 1. The number of amides is 4. The van der Waals surface area contributed by atoms with Crippen LogP contribution < -0.4 is 20.5 Å². The van der Waals surface area contributed by atoms with Crippen LogP contribution in [-0.2, 0) is 21.2 Å². The lowest BCUT2D eigenvalue weighted by Crippen LogP contribution is -2.49. The minimum atomic E-state index is -5.29. The highest BCUT2D eigenvalue weighted by molar-refractivity contribution is 7.91. The maximum Gasteiger partial charge on any atom is 0.573 e. The zero-order valence-corrected chi connectivity index (χ0v) is 20.8.